The van der Waals surface area contributed by atoms with Crippen LogP contribution in [0.25, 0.3) is 0 Å². The van der Waals surface area contributed by atoms with Gasteiger partial charge in [0.2, 0.25) is 0 Å². The van der Waals surface area contributed by atoms with Gasteiger partial charge in [-0.3, -0.25) is 0 Å². The Kier molecular flexibility index (Phi) is 5.29. The van der Waals surface area contributed by atoms with E-state index in [1.165, 1.54) is 11.0 Å². The molecule has 1 heterocycles. The minimum absolute atomic E-state index is 0.0372. The molecule has 4 nitrogen and oxygen atoms in total. The predicted molar refractivity (Wildman–Crippen MR) is 74.7 cm³/mol. The maximum absolute atomic E-state index is 12.8. The molecule has 0 aliphatic rings. The van der Waals surface area contributed by atoms with Gasteiger partial charge in [-0.15, -0.1) is 0 Å². The molecular weight excluding hydrogens is 291 g/mol. The first-order chi connectivity index (χ1) is 9.18. The van der Waals surface area contributed by atoms with E-state index in [9.17, 15) is 13.2 Å². The van der Waals surface area contributed by atoms with Crippen molar-refractivity contribution in [3.8, 4) is 0 Å². The number of rotatable bonds is 5. The molecule has 0 unspecified atom stereocenters. The van der Waals surface area contributed by atoms with Gasteiger partial charge < -0.3 is 15.7 Å². The van der Waals surface area contributed by atoms with E-state index < -0.39 is 11.9 Å². The molecule has 0 bridgehead atoms. The molecule has 112 valence electrons. The second kappa shape index (κ2) is 6.36. The third-order valence-corrected chi connectivity index (χ3v) is 2.89. The number of aliphatic hydroxyl groups is 1. The van der Waals surface area contributed by atoms with E-state index in [0.717, 1.165) is 6.07 Å². The number of hydrogen-bond donors (Lipinski definition) is 2. The van der Waals surface area contributed by atoms with Gasteiger partial charge >= 0.3 is 6.18 Å². The lowest BCUT2D eigenvalue weighted by molar-refractivity contribution is -0.141. The molecule has 1 rings (SSSR count). The summed E-state index contributed by atoms with van der Waals surface area (Å²) in [5.74, 6) is 0.0383. The Bertz CT molecular complexity index is 491. The maximum Gasteiger partial charge on any atom is 0.433 e. The average molecular weight is 307 g/mol. The summed E-state index contributed by atoms with van der Waals surface area (Å²) in [7, 11) is 0. The van der Waals surface area contributed by atoms with Gasteiger partial charge in [0.1, 0.15) is 16.5 Å². The zero-order valence-corrected chi connectivity index (χ0v) is 11.9. The summed E-state index contributed by atoms with van der Waals surface area (Å²) in [6.45, 7) is 3.48. The molecule has 0 saturated carbocycles. The maximum atomic E-state index is 12.8. The summed E-state index contributed by atoms with van der Waals surface area (Å²) in [5.41, 5.74) is 4.77. The zero-order valence-electron chi connectivity index (χ0n) is 11.1. The number of aromatic nitrogens is 1. The van der Waals surface area contributed by atoms with Crippen LogP contribution in [0.2, 0.25) is 0 Å². The molecule has 0 saturated heterocycles. The van der Waals surface area contributed by atoms with Crippen LogP contribution in [-0.4, -0.2) is 34.3 Å². The van der Waals surface area contributed by atoms with Gasteiger partial charge in [0, 0.05) is 12.6 Å². The van der Waals surface area contributed by atoms with Crippen LogP contribution in [0, 0.1) is 0 Å². The van der Waals surface area contributed by atoms with E-state index in [1.54, 1.807) is 13.8 Å². The number of hydrogen-bond acceptors (Lipinski definition) is 4. The highest BCUT2D eigenvalue weighted by molar-refractivity contribution is 7.80. The van der Waals surface area contributed by atoms with Crippen LogP contribution in [0.3, 0.4) is 0 Å². The summed E-state index contributed by atoms with van der Waals surface area (Å²) in [6, 6.07) is 1.89. The van der Waals surface area contributed by atoms with Gasteiger partial charge in [0.15, 0.2) is 0 Å². The summed E-state index contributed by atoms with van der Waals surface area (Å²) in [4.78, 5) is 5.12. The molecule has 0 amide bonds. The molecule has 1 aromatic rings. The van der Waals surface area contributed by atoms with Crippen molar-refractivity contribution in [2.45, 2.75) is 26.1 Å². The topological polar surface area (TPSA) is 62.4 Å². The molecule has 8 heteroatoms. The monoisotopic (exact) mass is 307 g/mol. The Morgan fingerprint density at radius 2 is 2.05 bits per heavy atom. The lowest BCUT2D eigenvalue weighted by Crippen LogP contribution is -2.36. The van der Waals surface area contributed by atoms with E-state index in [4.69, 9.17) is 23.1 Å². The van der Waals surface area contributed by atoms with Gasteiger partial charge in [-0.1, -0.05) is 12.2 Å². The molecule has 20 heavy (non-hydrogen) atoms. The number of alkyl halides is 3. The number of halogens is 3. The molecule has 0 fully saturated rings. The van der Waals surface area contributed by atoms with E-state index in [1.807, 2.05) is 0 Å². The standard InChI is InChI=1S/C12H16F3N3OS/c1-7(2)18(5-6-19)11-8(10(16)20)3-4-9(17-11)12(13,14)15/h3-4,7,19H,5-6H2,1-2H3,(H2,16,20). The van der Waals surface area contributed by atoms with E-state index in [2.05, 4.69) is 4.98 Å². The van der Waals surface area contributed by atoms with Crippen molar-refractivity contribution in [2.75, 3.05) is 18.1 Å². The van der Waals surface area contributed by atoms with Gasteiger partial charge in [-0.2, -0.15) is 13.2 Å². The minimum atomic E-state index is -4.55. The molecule has 0 radical (unpaired) electrons. The zero-order chi connectivity index (χ0) is 15.5. The van der Waals surface area contributed by atoms with Crippen LogP contribution < -0.4 is 10.6 Å². The number of anilines is 1. The van der Waals surface area contributed by atoms with E-state index in [-0.39, 0.29) is 35.6 Å². The summed E-state index contributed by atoms with van der Waals surface area (Å²) in [5, 5.41) is 9.05. The molecule has 0 aromatic carbocycles. The van der Waals surface area contributed by atoms with Crippen molar-refractivity contribution >= 4 is 23.0 Å². The molecule has 0 aliphatic heterocycles. The van der Waals surface area contributed by atoms with E-state index in [0.29, 0.717) is 0 Å². The second-order valence-electron chi connectivity index (χ2n) is 4.44. The van der Waals surface area contributed by atoms with Gasteiger partial charge in [-0.05, 0) is 26.0 Å². The largest absolute Gasteiger partial charge is 0.433 e. The fraction of sp³-hybridized carbons (Fsp3) is 0.500. The van der Waals surface area contributed by atoms with E-state index >= 15 is 0 Å². The number of nitrogens with zero attached hydrogens (tertiary/aromatic N) is 2. The summed E-state index contributed by atoms with van der Waals surface area (Å²) < 4.78 is 38.3. The van der Waals surface area contributed by atoms with Crippen molar-refractivity contribution in [1.29, 1.82) is 0 Å². The normalized spacial score (nSPS) is 11.8. The van der Waals surface area contributed by atoms with Gasteiger partial charge in [0.05, 0.1) is 12.2 Å². The van der Waals surface area contributed by atoms with Crippen molar-refractivity contribution < 1.29 is 18.3 Å². The highest BCUT2D eigenvalue weighted by atomic mass is 32.1. The van der Waals surface area contributed by atoms with Crippen LogP contribution in [-0.2, 0) is 6.18 Å². The molecular formula is C12H16F3N3OS. The number of thiocarbonyl (C=S) groups is 1. The molecule has 3 N–H and O–H groups in total. The fourth-order valence-electron chi connectivity index (χ4n) is 1.73. The molecule has 0 aliphatic carbocycles. The SMILES string of the molecule is CC(C)N(CCO)c1nc(C(F)(F)F)ccc1C(N)=S. The van der Waals surface area contributed by atoms with Crippen molar-refractivity contribution in [3.63, 3.8) is 0 Å². The highest BCUT2D eigenvalue weighted by Gasteiger charge is 2.34. The number of aliphatic hydroxyl groups excluding tert-OH is 1. The van der Waals surface area contributed by atoms with Crippen molar-refractivity contribution in [3.05, 3.63) is 23.4 Å². The lowest BCUT2D eigenvalue weighted by Gasteiger charge is -2.29. The predicted octanol–water partition coefficient (Wildman–Crippen LogP) is 1.94. The average Bonchev–Trinajstić information content (AvgIpc) is 2.33. The van der Waals surface area contributed by atoms with Crippen LogP contribution >= 0.6 is 12.2 Å². The number of nitrogens with two attached hydrogens (primary N) is 1. The van der Waals surface area contributed by atoms with Crippen molar-refractivity contribution in [2.24, 2.45) is 5.73 Å². The molecule has 0 spiro atoms. The first kappa shape index (κ1) is 16.6. The molecule has 1 aromatic heterocycles. The van der Waals surface area contributed by atoms with Gasteiger partial charge in [0.25, 0.3) is 0 Å². The third-order valence-electron chi connectivity index (χ3n) is 2.67. The minimum Gasteiger partial charge on any atom is -0.395 e. The first-order valence-electron chi connectivity index (χ1n) is 5.94. The fourth-order valence-corrected chi connectivity index (χ4v) is 1.89. The second-order valence-corrected chi connectivity index (χ2v) is 4.88. The Balaban J connectivity index is 3.41. The van der Waals surface area contributed by atoms with Crippen LogP contribution in [0.5, 0.6) is 0 Å². The highest BCUT2D eigenvalue weighted by Crippen LogP contribution is 2.31. The van der Waals surface area contributed by atoms with Crippen LogP contribution in [0.15, 0.2) is 12.1 Å². The smallest absolute Gasteiger partial charge is 0.395 e. The van der Waals surface area contributed by atoms with Gasteiger partial charge in [-0.25, -0.2) is 4.98 Å². The van der Waals surface area contributed by atoms with Crippen LogP contribution in [0.1, 0.15) is 25.1 Å². The summed E-state index contributed by atoms with van der Waals surface area (Å²) >= 11 is 4.84. The Morgan fingerprint density at radius 3 is 2.45 bits per heavy atom. The van der Waals surface area contributed by atoms with Crippen LogP contribution in [0.4, 0.5) is 19.0 Å². The molecule has 0 atom stereocenters. The quantitative estimate of drug-likeness (QED) is 0.814. The summed E-state index contributed by atoms with van der Waals surface area (Å²) in [6.07, 6.45) is -4.55. The Labute approximate surface area is 120 Å². The van der Waals surface area contributed by atoms with Crippen molar-refractivity contribution in [1.82, 2.24) is 4.98 Å². The first-order valence-corrected chi connectivity index (χ1v) is 6.34. The number of pyridine rings is 1. The Morgan fingerprint density at radius 1 is 1.45 bits per heavy atom. The lowest BCUT2D eigenvalue weighted by atomic mass is 10.2. The Hall–Kier alpha value is -1.41. The third kappa shape index (κ3) is 3.80.